The van der Waals surface area contributed by atoms with E-state index >= 15 is 0 Å². The molecule has 0 aliphatic carbocycles. The molecule has 0 aromatic heterocycles. The van der Waals surface area contributed by atoms with E-state index in [-0.39, 0.29) is 6.02 Å². The molecule has 0 atom stereocenters. The lowest BCUT2D eigenvalue weighted by Gasteiger charge is -1.85. The number of unbranched alkanes of at least 4 members (excludes halogenated alkanes) is 3. The van der Waals surface area contributed by atoms with Crippen LogP contribution in [0.15, 0.2) is 0 Å². The molecule has 0 saturated carbocycles. The zero-order valence-electron chi connectivity index (χ0n) is 6.38. The van der Waals surface area contributed by atoms with E-state index in [1.165, 1.54) is 12.8 Å². The van der Waals surface area contributed by atoms with Gasteiger partial charge in [0, 0.05) is 6.42 Å². The van der Waals surface area contributed by atoms with Gasteiger partial charge in [-0.3, -0.25) is 0 Å². The molecule has 0 unspecified atom stereocenters. The first-order chi connectivity index (χ1) is 4.77. The van der Waals surface area contributed by atoms with Gasteiger partial charge in [0.2, 0.25) is 0 Å². The lowest BCUT2D eigenvalue weighted by molar-refractivity contribution is 0.542. The SMILES string of the molecule is CCCCCC=[N+]=C(N)O. The number of nitrogens with zero attached hydrogens (tertiary/aromatic N) is 1. The van der Waals surface area contributed by atoms with E-state index in [4.69, 9.17) is 10.8 Å². The largest absolute Gasteiger partial charge is 0.542 e. The Balaban J connectivity index is 3.27. The molecule has 0 bridgehead atoms. The summed E-state index contributed by atoms with van der Waals surface area (Å²) < 4.78 is 3.52. The minimum Gasteiger partial charge on any atom is -0.434 e. The van der Waals surface area contributed by atoms with Crippen molar-refractivity contribution in [3.8, 4) is 0 Å². The zero-order chi connectivity index (χ0) is 7.82. The Kier molecular flexibility index (Phi) is 5.59. The van der Waals surface area contributed by atoms with Gasteiger partial charge in [0.1, 0.15) is 0 Å². The Labute approximate surface area is 61.3 Å². The predicted molar refractivity (Wildman–Crippen MR) is 44.2 cm³/mol. The number of hydrogen-bond donors (Lipinski definition) is 2. The minimum atomic E-state index is -0.350. The third kappa shape index (κ3) is 7.05. The van der Waals surface area contributed by atoms with Crippen LogP contribution in [-0.2, 0) is 0 Å². The van der Waals surface area contributed by atoms with Gasteiger partial charge in [0.15, 0.2) is 6.21 Å². The van der Waals surface area contributed by atoms with E-state index in [2.05, 4.69) is 11.6 Å². The van der Waals surface area contributed by atoms with Gasteiger partial charge in [0.05, 0.1) is 0 Å². The number of nitrogens with two attached hydrogens (primary N) is 1. The van der Waals surface area contributed by atoms with Crippen molar-refractivity contribution in [3.05, 3.63) is 0 Å². The summed E-state index contributed by atoms with van der Waals surface area (Å²) in [5, 5.41) is 8.41. The molecule has 0 aliphatic rings. The van der Waals surface area contributed by atoms with E-state index in [1.54, 1.807) is 6.21 Å². The van der Waals surface area contributed by atoms with Gasteiger partial charge in [-0.1, -0.05) is 19.8 Å². The fraction of sp³-hybridized carbons (Fsp3) is 0.714. The molecule has 3 nitrogen and oxygen atoms in total. The fourth-order valence-corrected chi connectivity index (χ4v) is 0.644. The highest BCUT2D eigenvalue weighted by molar-refractivity contribution is 5.73. The Morgan fingerprint density at radius 3 is 2.80 bits per heavy atom. The van der Waals surface area contributed by atoms with E-state index in [9.17, 15) is 0 Å². The van der Waals surface area contributed by atoms with Crippen LogP contribution >= 0.6 is 0 Å². The Bertz CT molecular complexity index is 133. The van der Waals surface area contributed by atoms with Crippen LogP contribution in [0.5, 0.6) is 0 Å². The van der Waals surface area contributed by atoms with E-state index < -0.39 is 0 Å². The van der Waals surface area contributed by atoms with Gasteiger partial charge in [-0.05, 0) is 6.42 Å². The van der Waals surface area contributed by atoms with Crippen molar-refractivity contribution in [3.63, 3.8) is 0 Å². The van der Waals surface area contributed by atoms with Crippen LogP contribution in [0.4, 0.5) is 0 Å². The standard InChI is InChI=1S/C7H14N2O/c1-2-3-4-5-6-9-7(8)10/h6H,2-5H2,1H3,(H2,8,10)/p+1. The van der Waals surface area contributed by atoms with Crippen LogP contribution in [0, 0.1) is 0 Å². The molecule has 0 fully saturated rings. The molecule has 3 heteroatoms. The summed E-state index contributed by atoms with van der Waals surface area (Å²) in [6.45, 7) is 2.14. The quantitative estimate of drug-likeness (QED) is 0.262. The first kappa shape index (κ1) is 9.05. The summed E-state index contributed by atoms with van der Waals surface area (Å²) in [6.07, 6.45) is 6.07. The third-order valence-electron chi connectivity index (χ3n) is 1.16. The van der Waals surface area contributed by atoms with E-state index in [0.717, 1.165) is 12.8 Å². The van der Waals surface area contributed by atoms with Crippen molar-refractivity contribution < 1.29 is 5.11 Å². The monoisotopic (exact) mass is 143 g/mol. The second-order valence-corrected chi connectivity index (χ2v) is 2.17. The van der Waals surface area contributed by atoms with Gasteiger partial charge in [-0.2, -0.15) is 4.67 Å². The number of amidine groups is 1. The minimum absolute atomic E-state index is 0.350. The summed E-state index contributed by atoms with van der Waals surface area (Å²) in [7, 11) is 0. The van der Waals surface area contributed by atoms with Crippen molar-refractivity contribution in [2.24, 2.45) is 5.73 Å². The van der Waals surface area contributed by atoms with Crippen LogP contribution in [0.3, 0.4) is 0 Å². The van der Waals surface area contributed by atoms with Gasteiger partial charge < -0.3 is 5.11 Å². The molecular weight excluding hydrogens is 128 g/mol. The van der Waals surface area contributed by atoms with Gasteiger partial charge in [0.25, 0.3) is 0 Å². The van der Waals surface area contributed by atoms with E-state index in [1.807, 2.05) is 0 Å². The van der Waals surface area contributed by atoms with Crippen molar-refractivity contribution in [2.75, 3.05) is 0 Å². The first-order valence-corrected chi connectivity index (χ1v) is 3.61. The molecule has 0 radical (unpaired) electrons. The molecule has 0 rings (SSSR count). The highest BCUT2D eigenvalue weighted by atomic mass is 16.3. The predicted octanol–water partition coefficient (Wildman–Crippen LogP) is 0.577. The second-order valence-electron chi connectivity index (χ2n) is 2.17. The summed E-state index contributed by atoms with van der Waals surface area (Å²) >= 11 is 0. The maximum atomic E-state index is 8.41. The lowest BCUT2D eigenvalue weighted by Crippen LogP contribution is -2.13. The molecule has 0 spiro atoms. The normalized spacial score (nSPS) is 8.50. The van der Waals surface area contributed by atoms with Crippen molar-refractivity contribution in [1.29, 1.82) is 0 Å². The molecule has 10 heavy (non-hydrogen) atoms. The average Bonchev–Trinajstić information content (AvgIpc) is 1.87. The fourth-order valence-electron chi connectivity index (χ4n) is 0.644. The average molecular weight is 143 g/mol. The lowest BCUT2D eigenvalue weighted by atomic mass is 10.2. The van der Waals surface area contributed by atoms with Gasteiger partial charge >= 0.3 is 6.02 Å². The molecule has 0 heterocycles. The third-order valence-corrected chi connectivity index (χ3v) is 1.16. The Hall–Kier alpha value is -0.950. The number of aliphatic hydroxyl groups is 1. The molecule has 0 aromatic rings. The Morgan fingerprint density at radius 1 is 1.60 bits per heavy atom. The topological polar surface area (TPSA) is 60.4 Å². The van der Waals surface area contributed by atoms with Crippen LogP contribution in [-0.4, -0.2) is 17.3 Å². The first-order valence-electron chi connectivity index (χ1n) is 3.61. The van der Waals surface area contributed by atoms with E-state index in [0.29, 0.717) is 0 Å². The maximum absolute atomic E-state index is 8.41. The van der Waals surface area contributed by atoms with Gasteiger partial charge in [-0.15, -0.1) is 0 Å². The van der Waals surface area contributed by atoms with Crippen LogP contribution < -0.4 is 10.4 Å². The maximum Gasteiger partial charge on any atom is 0.542 e. The number of hydrogen-bond acceptors (Lipinski definition) is 0. The molecule has 0 amide bonds. The Morgan fingerprint density at radius 2 is 2.30 bits per heavy atom. The van der Waals surface area contributed by atoms with Crippen molar-refractivity contribution in [2.45, 2.75) is 32.6 Å². The summed E-state index contributed by atoms with van der Waals surface area (Å²) in [5.41, 5.74) is 4.88. The molecule has 58 valence electrons. The van der Waals surface area contributed by atoms with Crippen LogP contribution in [0.2, 0.25) is 0 Å². The van der Waals surface area contributed by atoms with Crippen LogP contribution in [0.25, 0.3) is 0 Å². The molecule has 0 aromatic carbocycles. The highest BCUT2D eigenvalue weighted by Gasteiger charge is 1.87. The van der Waals surface area contributed by atoms with Gasteiger partial charge in [-0.25, -0.2) is 5.73 Å². The summed E-state index contributed by atoms with van der Waals surface area (Å²) in [5.74, 6) is 0. The number of aliphatic hydroxyl groups excluding tert-OH is 1. The van der Waals surface area contributed by atoms with Crippen LogP contribution in [0.1, 0.15) is 32.6 Å². The van der Waals surface area contributed by atoms with Crippen molar-refractivity contribution in [1.82, 2.24) is 4.67 Å². The molecular formula is C7H15N2O+. The summed E-state index contributed by atoms with van der Waals surface area (Å²) in [6, 6.07) is -0.350. The van der Waals surface area contributed by atoms with Crippen molar-refractivity contribution >= 4 is 12.2 Å². The second kappa shape index (κ2) is 6.17. The molecule has 0 aliphatic heterocycles. The molecule has 3 N–H and O–H groups in total. The zero-order valence-corrected chi connectivity index (χ0v) is 6.38. The number of rotatable bonds is 4. The molecule has 0 saturated heterocycles. The summed E-state index contributed by atoms with van der Waals surface area (Å²) in [4.78, 5) is 0. The highest BCUT2D eigenvalue weighted by Crippen LogP contribution is 1.94. The smallest absolute Gasteiger partial charge is 0.434 e.